The normalized spacial score (nSPS) is 17.5. The first-order valence-corrected chi connectivity index (χ1v) is 6.98. The van der Waals surface area contributed by atoms with Gasteiger partial charge in [-0.25, -0.2) is 0 Å². The fourth-order valence-electron chi connectivity index (χ4n) is 2.71. The van der Waals surface area contributed by atoms with E-state index in [1.807, 2.05) is 6.07 Å². The molecule has 0 amide bonds. The Morgan fingerprint density at radius 2 is 2.10 bits per heavy atom. The molecule has 0 spiro atoms. The molecule has 0 bridgehead atoms. The topological polar surface area (TPSA) is 74.2 Å². The van der Waals surface area contributed by atoms with Gasteiger partial charge in [0.1, 0.15) is 5.60 Å². The summed E-state index contributed by atoms with van der Waals surface area (Å²) in [5, 5.41) is 4.56. The van der Waals surface area contributed by atoms with E-state index >= 15 is 0 Å². The van der Waals surface area contributed by atoms with Gasteiger partial charge in [0.15, 0.2) is 0 Å². The van der Waals surface area contributed by atoms with Crippen molar-refractivity contribution >= 4 is 17.3 Å². The second kappa shape index (κ2) is 5.07. The summed E-state index contributed by atoms with van der Waals surface area (Å²) in [6, 6.07) is 5.34. The number of aromatic nitrogens is 2. The largest absolute Gasteiger partial charge is 0.397 e. The number of hydrogen-bond acceptors (Lipinski definition) is 5. The van der Waals surface area contributed by atoms with E-state index in [1.165, 1.54) is 0 Å². The summed E-state index contributed by atoms with van der Waals surface area (Å²) in [5.74, 6) is 0.968. The van der Waals surface area contributed by atoms with Crippen molar-refractivity contribution < 1.29 is 9.26 Å². The monoisotopic (exact) mass is 293 g/mol. The zero-order valence-corrected chi connectivity index (χ0v) is 12.0. The van der Waals surface area contributed by atoms with Crippen LogP contribution < -0.4 is 5.73 Å². The maximum absolute atomic E-state index is 6.01. The number of nitrogens with zero attached hydrogens (tertiary/aromatic N) is 2. The van der Waals surface area contributed by atoms with E-state index in [9.17, 15) is 0 Å². The van der Waals surface area contributed by atoms with E-state index in [1.54, 1.807) is 19.2 Å². The number of nitrogen functional groups attached to an aromatic ring is 1. The Morgan fingerprint density at radius 1 is 1.35 bits per heavy atom. The van der Waals surface area contributed by atoms with Crippen molar-refractivity contribution in [3.8, 4) is 11.5 Å². The molecule has 0 unspecified atom stereocenters. The Morgan fingerprint density at radius 3 is 2.80 bits per heavy atom. The van der Waals surface area contributed by atoms with Crippen molar-refractivity contribution in [3.05, 3.63) is 29.0 Å². The first-order chi connectivity index (χ1) is 9.66. The number of rotatable bonds is 3. The predicted molar refractivity (Wildman–Crippen MR) is 76.3 cm³/mol. The van der Waals surface area contributed by atoms with E-state index in [-0.39, 0.29) is 0 Å². The molecule has 0 saturated heterocycles. The van der Waals surface area contributed by atoms with Gasteiger partial charge in [0, 0.05) is 7.11 Å². The Hall–Kier alpha value is -1.59. The van der Waals surface area contributed by atoms with Gasteiger partial charge in [-0.3, -0.25) is 0 Å². The SMILES string of the molecule is COC1(c2noc(-c3cccc(Cl)c3N)n2)CCCC1. The molecular formula is C14H16ClN3O2. The van der Waals surface area contributed by atoms with Crippen LogP contribution in [0.2, 0.25) is 5.02 Å². The predicted octanol–water partition coefficient (Wildman–Crippen LogP) is 3.39. The number of methoxy groups -OCH3 is 1. The van der Waals surface area contributed by atoms with Crippen LogP contribution in [0.4, 0.5) is 5.69 Å². The Kier molecular flexibility index (Phi) is 3.40. The average molecular weight is 294 g/mol. The maximum atomic E-state index is 6.01. The van der Waals surface area contributed by atoms with Crippen LogP contribution in [0.5, 0.6) is 0 Å². The number of para-hydroxylation sites is 1. The van der Waals surface area contributed by atoms with Gasteiger partial charge in [-0.05, 0) is 37.8 Å². The van der Waals surface area contributed by atoms with Gasteiger partial charge >= 0.3 is 0 Å². The molecule has 1 saturated carbocycles. The van der Waals surface area contributed by atoms with Crippen molar-refractivity contribution in [1.82, 2.24) is 10.1 Å². The van der Waals surface area contributed by atoms with Gasteiger partial charge in [0.25, 0.3) is 5.89 Å². The van der Waals surface area contributed by atoms with E-state index in [4.69, 9.17) is 26.6 Å². The number of anilines is 1. The highest BCUT2D eigenvalue weighted by Crippen LogP contribution is 2.41. The number of nitrogens with two attached hydrogens (primary N) is 1. The van der Waals surface area contributed by atoms with Crippen LogP contribution in [-0.4, -0.2) is 17.3 Å². The molecule has 106 valence electrons. The van der Waals surface area contributed by atoms with Crippen molar-refractivity contribution in [2.45, 2.75) is 31.3 Å². The molecule has 2 aromatic rings. The molecule has 0 aliphatic heterocycles. The minimum Gasteiger partial charge on any atom is -0.397 e. The lowest BCUT2D eigenvalue weighted by Gasteiger charge is -2.22. The second-order valence-corrected chi connectivity index (χ2v) is 5.44. The minimum absolute atomic E-state index is 0.378. The standard InChI is InChI=1S/C14H16ClN3O2/c1-19-14(7-2-3-8-14)13-17-12(20-18-13)9-5-4-6-10(15)11(9)16/h4-6H,2-3,7-8,16H2,1H3. The molecule has 1 aromatic heterocycles. The van der Waals surface area contributed by atoms with Crippen LogP contribution in [0, 0.1) is 0 Å². The van der Waals surface area contributed by atoms with Crippen LogP contribution in [0.15, 0.2) is 22.7 Å². The highest BCUT2D eigenvalue weighted by atomic mass is 35.5. The molecule has 1 aliphatic rings. The molecule has 5 nitrogen and oxygen atoms in total. The van der Waals surface area contributed by atoms with Crippen molar-refractivity contribution in [3.63, 3.8) is 0 Å². The molecule has 1 fully saturated rings. The van der Waals surface area contributed by atoms with Gasteiger partial charge < -0.3 is 15.0 Å². The highest BCUT2D eigenvalue weighted by Gasteiger charge is 2.40. The van der Waals surface area contributed by atoms with Crippen LogP contribution in [0.3, 0.4) is 0 Å². The number of ether oxygens (including phenoxy) is 1. The summed E-state index contributed by atoms with van der Waals surface area (Å²) in [5.41, 5.74) is 6.63. The molecule has 1 aliphatic carbocycles. The van der Waals surface area contributed by atoms with Crippen molar-refractivity contribution in [1.29, 1.82) is 0 Å². The Balaban J connectivity index is 2.00. The summed E-state index contributed by atoms with van der Waals surface area (Å²) < 4.78 is 11.0. The molecule has 3 rings (SSSR count). The van der Waals surface area contributed by atoms with E-state index in [0.717, 1.165) is 25.7 Å². The van der Waals surface area contributed by atoms with E-state index in [2.05, 4.69) is 10.1 Å². The van der Waals surface area contributed by atoms with Gasteiger partial charge in [-0.15, -0.1) is 0 Å². The summed E-state index contributed by atoms with van der Waals surface area (Å²) in [4.78, 5) is 4.47. The molecule has 1 aromatic carbocycles. The fraction of sp³-hybridized carbons (Fsp3) is 0.429. The zero-order valence-electron chi connectivity index (χ0n) is 11.2. The smallest absolute Gasteiger partial charge is 0.260 e. The van der Waals surface area contributed by atoms with Gasteiger partial charge in [0.05, 0.1) is 16.3 Å². The second-order valence-electron chi connectivity index (χ2n) is 5.03. The summed E-state index contributed by atoms with van der Waals surface area (Å²) in [7, 11) is 1.69. The average Bonchev–Trinajstić information content (AvgIpc) is 3.10. The third-order valence-electron chi connectivity index (χ3n) is 3.92. The summed E-state index contributed by atoms with van der Waals surface area (Å²) in [6.45, 7) is 0. The maximum Gasteiger partial charge on any atom is 0.260 e. The number of halogens is 1. The fourth-order valence-corrected chi connectivity index (χ4v) is 2.88. The third kappa shape index (κ3) is 2.07. The van der Waals surface area contributed by atoms with Crippen LogP contribution >= 0.6 is 11.6 Å². The van der Waals surface area contributed by atoms with Crippen LogP contribution in [0.1, 0.15) is 31.5 Å². The van der Waals surface area contributed by atoms with Crippen molar-refractivity contribution in [2.24, 2.45) is 0 Å². The number of hydrogen-bond donors (Lipinski definition) is 1. The Labute approximate surface area is 122 Å². The van der Waals surface area contributed by atoms with Crippen LogP contribution in [0.25, 0.3) is 11.5 Å². The van der Waals surface area contributed by atoms with Crippen molar-refractivity contribution in [2.75, 3.05) is 12.8 Å². The zero-order chi connectivity index (χ0) is 14.2. The molecule has 6 heteroatoms. The first kappa shape index (κ1) is 13.4. The van der Waals surface area contributed by atoms with Crippen LogP contribution in [-0.2, 0) is 10.3 Å². The molecular weight excluding hydrogens is 278 g/mol. The van der Waals surface area contributed by atoms with E-state index in [0.29, 0.717) is 28.0 Å². The number of benzene rings is 1. The lowest BCUT2D eigenvalue weighted by molar-refractivity contribution is -0.0178. The lowest BCUT2D eigenvalue weighted by Crippen LogP contribution is -2.25. The third-order valence-corrected chi connectivity index (χ3v) is 4.25. The molecule has 1 heterocycles. The molecule has 20 heavy (non-hydrogen) atoms. The quantitative estimate of drug-likeness (QED) is 0.878. The Bertz CT molecular complexity index is 621. The molecule has 2 N–H and O–H groups in total. The molecule has 0 radical (unpaired) electrons. The van der Waals surface area contributed by atoms with E-state index < -0.39 is 5.60 Å². The summed E-state index contributed by atoms with van der Waals surface area (Å²) in [6.07, 6.45) is 4.04. The van der Waals surface area contributed by atoms with Gasteiger partial charge in [0.2, 0.25) is 5.82 Å². The van der Waals surface area contributed by atoms with Gasteiger partial charge in [-0.1, -0.05) is 22.8 Å². The highest BCUT2D eigenvalue weighted by molar-refractivity contribution is 6.33. The lowest BCUT2D eigenvalue weighted by atomic mass is 10.0. The minimum atomic E-state index is -0.422. The first-order valence-electron chi connectivity index (χ1n) is 6.60. The molecule has 0 atom stereocenters. The summed E-state index contributed by atoms with van der Waals surface area (Å²) >= 11 is 6.01. The van der Waals surface area contributed by atoms with Gasteiger partial charge in [-0.2, -0.15) is 4.98 Å².